The van der Waals surface area contributed by atoms with Gasteiger partial charge in [-0.2, -0.15) is 5.10 Å². The number of hydrogen-bond donors (Lipinski definition) is 1. The van der Waals surface area contributed by atoms with Crippen molar-refractivity contribution in [3.8, 4) is 5.69 Å². The number of halogens is 1. The standard InChI is InChI=1S/C17H18BrN3/c1-2-14(19)9-12-7-8-17(15(18)10-12)21-16-6-4-3-5-13(16)11-20-21/h3-8,10-11,14H,2,9,19H2,1H3. The summed E-state index contributed by atoms with van der Waals surface area (Å²) >= 11 is 3.66. The molecule has 0 spiro atoms. The summed E-state index contributed by atoms with van der Waals surface area (Å²) in [5, 5.41) is 5.64. The highest BCUT2D eigenvalue weighted by atomic mass is 79.9. The SMILES string of the molecule is CCC(N)Cc1ccc(-n2ncc3ccccc32)c(Br)c1. The minimum absolute atomic E-state index is 0.216. The number of benzene rings is 2. The fourth-order valence-electron chi connectivity index (χ4n) is 2.46. The van der Waals surface area contributed by atoms with Gasteiger partial charge in [0.25, 0.3) is 0 Å². The Balaban J connectivity index is 1.99. The molecule has 1 aromatic heterocycles. The van der Waals surface area contributed by atoms with Crippen LogP contribution in [0.4, 0.5) is 0 Å². The van der Waals surface area contributed by atoms with Gasteiger partial charge in [-0.05, 0) is 52.5 Å². The topological polar surface area (TPSA) is 43.8 Å². The Kier molecular flexibility index (Phi) is 4.08. The average Bonchev–Trinajstić information content (AvgIpc) is 2.91. The summed E-state index contributed by atoms with van der Waals surface area (Å²) in [6.45, 7) is 2.12. The van der Waals surface area contributed by atoms with E-state index in [9.17, 15) is 0 Å². The van der Waals surface area contributed by atoms with Crippen molar-refractivity contribution in [1.29, 1.82) is 0 Å². The van der Waals surface area contributed by atoms with Crippen molar-refractivity contribution in [3.05, 3.63) is 58.7 Å². The molecule has 2 N–H and O–H groups in total. The van der Waals surface area contributed by atoms with Crippen molar-refractivity contribution in [1.82, 2.24) is 9.78 Å². The first kappa shape index (κ1) is 14.3. The van der Waals surface area contributed by atoms with Crippen LogP contribution in [0.3, 0.4) is 0 Å². The molecule has 0 aliphatic rings. The van der Waals surface area contributed by atoms with Crippen LogP contribution in [-0.4, -0.2) is 15.8 Å². The molecule has 0 aliphatic heterocycles. The third-order valence-corrected chi connectivity index (χ3v) is 4.37. The number of fused-ring (bicyclic) bond motifs is 1. The molecule has 1 heterocycles. The Morgan fingerprint density at radius 3 is 2.81 bits per heavy atom. The minimum Gasteiger partial charge on any atom is -0.327 e. The molecule has 0 aliphatic carbocycles. The molecule has 3 nitrogen and oxygen atoms in total. The molecule has 108 valence electrons. The zero-order valence-electron chi connectivity index (χ0n) is 12.0. The van der Waals surface area contributed by atoms with E-state index in [1.165, 1.54) is 5.56 Å². The van der Waals surface area contributed by atoms with Gasteiger partial charge in [0.15, 0.2) is 0 Å². The van der Waals surface area contributed by atoms with E-state index < -0.39 is 0 Å². The van der Waals surface area contributed by atoms with Crippen molar-refractivity contribution in [2.45, 2.75) is 25.8 Å². The lowest BCUT2D eigenvalue weighted by molar-refractivity contribution is 0.646. The highest BCUT2D eigenvalue weighted by molar-refractivity contribution is 9.10. The monoisotopic (exact) mass is 343 g/mol. The third-order valence-electron chi connectivity index (χ3n) is 3.74. The number of nitrogens with zero attached hydrogens (tertiary/aromatic N) is 2. The Bertz CT molecular complexity index is 764. The molecular formula is C17H18BrN3. The van der Waals surface area contributed by atoms with Gasteiger partial charge in [-0.1, -0.05) is 31.2 Å². The van der Waals surface area contributed by atoms with E-state index in [0.717, 1.165) is 33.9 Å². The molecule has 0 bridgehead atoms. The maximum Gasteiger partial charge on any atom is 0.0795 e. The zero-order valence-corrected chi connectivity index (χ0v) is 13.5. The maximum atomic E-state index is 6.03. The summed E-state index contributed by atoms with van der Waals surface area (Å²) in [5.41, 5.74) is 9.43. The predicted octanol–water partition coefficient (Wildman–Crippen LogP) is 4.07. The smallest absolute Gasteiger partial charge is 0.0795 e. The Labute approximate surface area is 132 Å². The van der Waals surface area contributed by atoms with Gasteiger partial charge in [-0.15, -0.1) is 0 Å². The van der Waals surface area contributed by atoms with Gasteiger partial charge in [-0.3, -0.25) is 0 Å². The largest absolute Gasteiger partial charge is 0.327 e. The highest BCUT2D eigenvalue weighted by Gasteiger charge is 2.09. The number of para-hydroxylation sites is 1. The van der Waals surface area contributed by atoms with E-state index in [2.05, 4.69) is 58.3 Å². The maximum absolute atomic E-state index is 6.03. The Morgan fingerprint density at radius 1 is 1.24 bits per heavy atom. The quantitative estimate of drug-likeness (QED) is 0.775. The molecule has 3 rings (SSSR count). The number of rotatable bonds is 4. The van der Waals surface area contributed by atoms with Gasteiger partial charge in [0.1, 0.15) is 0 Å². The highest BCUT2D eigenvalue weighted by Crippen LogP contribution is 2.26. The van der Waals surface area contributed by atoms with Crippen molar-refractivity contribution in [3.63, 3.8) is 0 Å². The van der Waals surface area contributed by atoms with Crippen molar-refractivity contribution in [2.24, 2.45) is 5.73 Å². The number of aromatic nitrogens is 2. The first-order valence-corrected chi connectivity index (χ1v) is 7.95. The second kappa shape index (κ2) is 6.00. The summed E-state index contributed by atoms with van der Waals surface area (Å²) < 4.78 is 3.00. The van der Waals surface area contributed by atoms with Gasteiger partial charge in [0.05, 0.1) is 17.4 Å². The first-order valence-electron chi connectivity index (χ1n) is 7.16. The molecule has 0 radical (unpaired) electrons. The zero-order chi connectivity index (χ0) is 14.8. The second-order valence-corrected chi connectivity index (χ2v) is 6.13. The molecule has 0 fully saturated rings. The lowest BCUT2D eigenvalue weighted by Crippen LogP contribution is -2.21. The van der Waals surface area contributed by atoms with Gasteiger partial charge in [0, 0.05) is 15.9 Å². The van der Waals surface area contributed by atoms with E-state index >= 15 is 0 Å². The van der Waals surface area contributed by atoms with Crippen LogP contribution in [0.15, 0.2) is 53.1 Å². The fourth-order valence-corrected chi connectivity index (χ4v) is 3.05. The van der Waals surface area contributed by atoms with Crippen molar-refractivity contribution < 1.29 is 0 Å². The van der Waals surface area contributed by atoms with Crippen LogP contribution in [0.25, 0.3) is 16.6 Å². The molecule has 2 aromatic carbocycles. The molecular weight excluding hydrogens is 326 g/mol. The second-order valence-electron chi connectivity index (χ2n) is 5.27. The van der Waals surface area contributed by atoms with E-state index in [-0.39, 0.29) is 6.04 Å². The lowest BCUT2D eigenvalue weighted by atomic mass is 10.0. The molecule has 1 unspecified atom stereocenters. The number of hydrogen-bond acceptors (Lipinski definition) is 2. The summed E-state index contributed by atoms with van der Waals surface area (Å²) in [6.07, 6.45) is 3.78. The van der Waals surface area contributed by atoms with Crippen LogP contribution in [0, 0.1) is 0 Å². The molecule has 21 heavy (non-hydrogen) atoms. The molecule has 0 amide bonds. The van der Waals surface area contributed by atoms with Crippen molar-refractivity contribution >= 4 is 26.8 Å². The predicted molar refractivity (Wildman–Crippen MR) is 90.7 cm³/mol. The molecule has 4 heteroatoms. The number of nitrogens with two attached hydrogens (primary N) is 1. The minimum atomic E-state index is 0.216. The average molecular weight is 344 g/mol. The molecule has 3 aromatic rings. The molecule has 0 saturated carbocycles. The van der Waals surface area contributed by atoms with Crippen LogP contribution in [0.5, 0.6) is 0 Å². The van der Waals surface area contributed by atoms with Gasteiger partial charge < -0.3 is 5.73 Å². The van der Waals surface area contributed by atoms with Gasteiger partial charge in [-0.25, -0.2) is 4.68 Å². The van der Waals surface area contributed by atoms with E-state index in [4.69, 9.17) is 5.73 Å². The third kappa shape index (κ3) is 2.87. The van der Waals surface area contributed by atoms with Crippen LogP contribution in [0.1, 0.15) is 18.9 Å². The van der Waals surface area contributed by atoms with Gasteiger partial charge >= 0.3 is 0 Å². The lowest BCUT2D eigenvalue weighted by Gasteiger charge is -2.11. The summed E-state index contributed by atoms with van der Waals surface area (Å²) in [4.78, 5) is 0. The van der Waals surface area contributed by atoms with Crippen LogP contribution >= 0.6 is 15.9 Å². The van der Waals surface area contributed by atoms with E-state index in [1.54, 1.807) is 0 Å². The normalized spacial score (nSPS) is 12.7. The van der Waals surface area contributed by atoms with Crippen LogP contribution in [-0.2, 0) is 6.42 Å². The molecule has 0 saturated heterocycles. The summed E-state index contributed by atoms with van der Waals surface area (Å²) in [5.74, 6) is 0. The Morgan fingerprint density at radius 2 is 2.05 bits per heavy atom. The Hall–Kier alpha value is -1.65. The summed E-state index contributed by atoms with van der Waals surface area (Å²) in [6, 6.07) is 14.8. The van der Waals surface area contributed by atoms with E-state index in [1.807, 2.05) is 23.0 Å². The fraction of sp³-hybridized carbons (Fsp3) is 0.235. The van der Waals surface area contributed by atoms with Crippen LogP contribution < -0.4 is 5.73 Å². The summed E-state index contributed by atoms with van der Waals surface area (Å²) in [7, 11) is 0. The van der Waals surface area contributed by atoms with Crippen molar-refractivity contribution in [2.75, 3.05) is 0 Å². The van der Waals surface area contributed by atoms with Crippen LogP contribution in [0.2, 0.25) is 0 Å². The van der Waals surface area contributed by atoms with E-state index in [0.29, 0.717) is 0 Å². The first-order chi connectivity index (χ1) is 10.2. The van der Waals surface area contributed by atoms with Gasteiger partial charge in [0.2, 0.25) is 0 Å². The molecule has 1 atom stereocenters.